The molecule has 6 heteroatoms. The monoisotopic (exact) mass is 402 g/mol. The first kappa shape index (κ1) is 16.8. The van der Waals surface area contributed by atoms with E-state index in [1.165, 1.54) is 12.8 Å². The lowest BCUT2D eigenvalue weighted by atomic mass is 9.78. The number of anilines is 2. The van der Waals surface area contributed by atoms with E-state index in [9.17, 15) is 0 Å². The highest BCUT2D eigenvalue weighted by Gasteiger charge is 2.42. The van der Waals surface area contributed by atoms with Crippen LogP contribution in [0.1, 0.15) is 25.7 Å². The lowest BCUT2D eigenvalue weighted by molar-refractivity contribution is -0.0258. The van der Waals surface area contributed by atoms with Gasteiger partial charge < -0.3 is 15.0 Å². The predicted octanol–water partition coefficient (Wildman–Crippen LogP) is 4.07. The number of hydrogen-bond acceptors (Lipinski definition) is 5. The van der Waals surface area contributed by atoms with Crippen LogP contribution < -0.4 is 10.2 Å². The largest absolute Gasteiger partial charge is 0.370 e. The Morgan fingerprint density at radius 3 is 2.80 bits per heavy atom. The number of nitrogens with one attached hydrogen (secondary N) is 1. The summed E-state index contributed by atoms with van der Waals surface area (Å²) in [6, 6.07) is 10.1. The van der Waals surface area contributed by atoms with Crippen LogP contribution in [0.25, 0.3) is 0 Å². The van der Waals surface area contributed by atoms with Crippen molar-refractivity contribution in [2.75, 3.05) is 30.0 Å². The van der Waals surface area contributed by atoms with Gasteiger partial charge in [-0.05, 0) is 71.8 Å². The van der Waals surface area contributed by atoms with E-state index in [1.807, 2.05) is 36.7 Å². The van der Waals surface area contributed by atoms with Crippen molar-refractivity contribution < 1.29 is 4.74 Å². The van der Waals surface area contributed by atoms with Crippen molar-refractivity contribution in [2.24, 2.45) is 5.92 Å². The molecule has 1 spiro atoms. The van der Waals surface area contributed by atoms with Crippen LogP contribution in [0.15, 0.2) is 47.2 Å². The van der Waals surface area contributed by atoms with Gasteiger partial charge in [-0.1, -0.05) is 6.07 Å². The Morgan fingerprint density at radius 1 is 1.20 bits per heavy atom. The van der Waals surface area contributed by atoms with Gasteiger partial charge in [0.1, 0.15) is 18.4 Å². The van der Waals surface area contributed by atoms with Gasteiger partial charge in [0.25, 0.3) is 0 Å². The molecule has 0 unspecified atom stereocenters. The summed E-state index contributed by atoms with van der Waals surface area (Å²) >= 11 is 3.42. The zero-order valence-electron chi connectivity index (χ0n) is 14.2. The predicted molar refractivity (Wildman–Crippen MR) is 103 cm³/mol. The molecule has 2 aromatic rings. The second-order valence-electron chi connectivity index (χ2n) is 7.03. The maximum atomic E-state index is 6.22. The normalized spacial score (nSPS) is 26.1. The Balaban J connectivity index is 1.27. The van der Waals surface area contributed by atoms with Crippen molar-refractivity contribution in [1.82, 2.24) is 9.97 Å². The average molecular weight is 403 g/mol. The van der Waals surface area contributed by atoms with Gasteiger partial charge in [0.05, 0.1) is 12.1 Å². The maximum absolute atomic E-state index is 6.22. The molecule has 1 saturated heterocycles. The van der Waals surface area contributed by atoms with Crippen molar-refractivity contribution in [1.29, 1.82) is 0 Å². The van der Waals surface area contributed by atoms with Crippen LogP contribution in [-0.4, -0.2) is 35.4 Å². The first-order valence-electron chi connectivity index (χ1n) is 8.88. The fourth-order valence-corrected chi connectivity index (χ4v) is 4.02. The molecule has 5 nitrogen and oxygen atoms in total. The standard InChI is InChI=1S/C19H23BrN4O/c20-16-4-5-17(23-12-16)22-11-15-6-8-19(9-7-15)13-24(14-25-19)18-3-1-2-10-21-18/h1-5,10,12,15H,6-9,11,13-14H2,(H,22,23). The summed E-state index contributed by atoms with van der Waals surface area (Å²) in [4.78, 5) is 11.1. The van der Waals surface area contributed by atoms with Crippen LogP contribution in [0.2, 0.25) is 0 Å². The minimum atomic E-state index is 0.0177. The smallest absolute Gasteiger partial charge is 0.130 e. The SMILES string of the molecule is Brc1ccc(NCC2CCC3(CC2)CN(c2ccccn2)CO3)nc1. The quantitative estimate of drug-likeness (QED) is 0.834. The van der Waals surface area contributed by atoms with Gasteiger partial charge in [0.2, 0.25) is 0 Å². The van der Waals surface area contributed by atoms with E-state index in [1.54, 1.807) is 0 Å². The van der Waals surface area contributed by atoms with E-state index in [4.69, 9.17) is 4.74 Å². The Morgan fingerprint density at radius 2 is 2.08 bits per heavy atom. The molecule has 0 aromatic carbocycles. The summed E-state index contributed by atoms with van der Waals surface area (Å²) in [7, 11) is 0. The first-order valence-corrected chi connectivity index (χ1v) is 9.67. The molecule has 2 aliphatic rings. The van der Waals surface area contributed by atoms with Crippen LogP contribution in [0.5, 0.6) is 0 Å². The van der Waals surface area contributed by atoms with Crippen LogP contribution >= 0.6 is 15.9 Å². The molecule has 3 heterocycles. The lowest BCUT2D eigenvalue weighted by Gasteiger charge is -2.36. The third kappa shape index (κ3) is 3.96. The number of rotatable bonds is 4. The summed E-state index contributed by atoms with van der Waals surface area (Å²) in [5.41, 5.74) is 0.0177. The van der Waals surface area contributed by atoms with Crippen LogP contribution in [0, 0.1) is 5.92 Å². The van der Waals surface area contributed by atoms with Gasteiger partial charge in [-0.2, -0.15) is 0 Å². The van der Waals surface area contributed by atoms with Gasteiger partial charge in [-0.25, -0.2) is 9.97 Å². The number of ether oxygens (including phenoxy) is 1. The second kappa shape index (κ2) is 7.30. The van der Waals surface area contributed by atoms with Gasteiger partial charge in [0.15, 0.2) is 0 Å². The molecule has 2 fully saturated rings. The zero-order chi connectivity index (χ0) is 17.1. The van der Waals surface area contributed by atoms with Gasteiger partial charge in [-0.15, -0.1) is 0 Å². The second-order valence-corrected chi connectivity index (χ2v) is 7.94. The summed E-state index contributed by atoms with van der Waals surface area (Å²) < 4.78 is 7.23. The molecule has 1 aliphatic carbocycles. The molecule has 2 aromatic heterocycles. The molecule has 1 N–H and O–H groups in total. The highest BCUT2D eigenvalue weighted by molar-refractivity contribution is 9.10. The minimum absolute atomic E-state index is 0.0177. The fourth-order valence-electron chi connectivity index (χ4n) is 3.78. The number of halogens is 1. The molecule has 1 saturated carbocycles. The Hall–Kier alpha value is -1.66. The van der Waals surface area contributed by atoms with Gasteiger partial charge in [0, 0.05) is 23.4 Å². The summed E-state index contributed by atoms with van der Waals surface area (Å²) in [5.74, 6) is 2.65. The van der Waals surface area contributed by atoms with E-state index < -0.39 is 0 Å². The van der Waals surface area contributed by atoms with Crippen LogP contribution in [0.4, 0.5) is 11.6 Å². The summed E-state index contributed by atoms with van der Waals surface area (Å²) in [5, 5.41) is 3.46. The Bertz CT molecular complexity index is 686. The van der Waals surface area contributed by atoms with Crippen LogP contribution in [0.3, 0.4) is 0 Å². The number of hydrogen-bond donors (Lipinski definition) is 1. The third-order valence-electron chi connectivity index (χ3n) is 5.29. The Kier molecular flexibility index (Phi) is 4.90. The van der Waals surface area contributed by atoms with Gasteiger partial charge in [-0.3, -0.25) is 0 Å². The van der Waals surface area contributed by atoms with Crippen molar-refractivity contribution in [3.8, 4) is 0 Å². The van der Waals surface area contributed by atoms with Crippen LogP contribution in [-0.2, 0) is 4.74 Å². The number of aromatic nitrogens is 2. The molecule has 1 aliphatic heterocycles. The molecule has 132 valence electrons. The fraction of sp³-hybridized carbons (Fsp3) is 0.474. The summed E-state index contributed by atoms with van der Waals surface area (Å²) in [6.45, 7) is 2.59. The zero-order valence-corrected chi connectivity index (χ0v) is 15.8. The lowest BCUT2D eigenvalue weighted by Crippen LogP contribution is -2.39. The molecule has 0 amide bonds. The average Bonchev–Trinajstić information content (AvgIpc) is 3.07. The van der Waals surface area contributed by atoms with E-state index in [2.05, 4.69) is 42.2 Å². The van der Waals surface area contributed by atoms with E-state index in [0.29, 0.717) is 12.6 Å². The van der Waals surface area contributed by atoms with E-state index in [-0.39, 0.29) is 5.60 Å². The minimum Gasteiger partial charge on any atom is -0.370 e. The third-order valence-corrected chi connectivity index (χ3v) is 5.76. The molecule has 4 rings (SSSR count). The molecule has 0 radical (unpaired) electrons. The van der Waals surface area contributed by atoms with E-state index >= 15 is 0 Å². The summed E-state index contributed by atoms with van der Waals surface area (Å²) in [6.07, 6.45) is 8.31. The van der Waals surface area contributed by atoms with Crippen molar-refractivity contribution in [2.45, 2.75) is 31.3 Å². The first-order chi connectivity index (χ1) is 12.2. The molecule has 0 bridgehead atoms. The topological polar surface area (TPSA) is 50.3 Å². The molecule has 25 heavy (non-hydrogen) atoms. The molecule has 0 atom stereocenters. The van der Waals surface area contributed by atoms with Crippen molar-refractivity contribution >= 4 is 27.6 Å². The highest BCUT2D eigenvalue weighted by Crippen LogP contribution is 2.39. The molecular weight excluding hydrogens is 380 g/mol. The highest BCUT2D eigenvalue weighted by atomic mass is 79.9. The number of pyridine rings is 2. The van der Waals surface area contributed by atoms with E-state index in [0.717, 1.165) is 42.0 Å². The molecular formula is C19H23BrN4O. The maximum Gasteiger partial charge on any atom is 0.130 e. The van der Waals surface area contributed by atoms with Crippen molar-refractivity contribution in [3.05, 3.63) is 47.2 Å². The number of nitrogens with zero attached hydrogens (tertiary/aromatic N) is 3. The Labute approximate surface area is 156 Å². The van der Waals surface area contributed by atoms with Crippen molar-refractivity contribution in [3.63, 3.8) is 0 Å². The van der Waals surface area contributed by atoms with Gasteiger partial charge >= 0.3 is 0 Å².